The first-order valence-corrected chi connectivity index (χ1v) is 2.08. The minimum absolute atomic E-state index is 0.477. The molecule has 0 saturated carbocycles. The zero-order valence-corrected chi connectivity index (χ0v) is 4.07. The Kier molecular flexibility index (Phi) is 2.73. The van der Waals surface area contributed by atoms with Crippen molar-refractivity contribution in [3.8, 4) is 0 Å². The van der Waals surface area contributed by atoms with Crippen LogP contribution in [-0.2, 0) is 0 Å². The first-order chi connectivity index (χ1) is 2.77. The molecule has 0 fully saturated rings. The highest BCUT2D eigenvalue weighted by molar-refractivity contribution is 5.76. The summed E-state index contributed by atoms with van der Waals surface area (Å²) in [6.07, 6.45) is 1.53. The molecule has 0 unspecified atom stereocenters. The summed E-state index contributed by atoms with van der Waals surface area (Å²) in [5.74, 6) is 0.477. The largest absolute Gasteiger partial charge is 0.290 e. The SMILES string of the molecule is [CH2]CCC(C)=[OH+]. The molecule has 1 N–H and O–H groups in total. The van der Waals surface area contributed by atoms with Crippen LogP contribution in [0.4, 0.5) is 0 Å². The van der Waals surface area contributed by atoms with Gasteiger partial charge in [0.05, 0.1) is 6.42 Å². The topological polar surface area (TPSA) is 21.4 Å². The summed E-state index contributed by atoms with van der Waals surface area (Å²) in [5, 5.41) is 0. The Morgan fingerprint density at radius 1 is 1.83 bits per heavy atom. The molecule has 6 heavy (non-hydrogen) atoms. The van der Waals surface area contributed by atoms with Crippen LogP contribution in [0.25, 0.3) is 0 Å². The molecule has 0 spiro atoms. The van der Waals surface area contributed by atoms with Crippen LogP contribution in [0.1, 0.15) is 19.8 Å². The van der Waals surface area contributed by atoms with Gasteiger partial charge in [0.1, 0.15) is 0 Å². The maximum absolute atomic E-state index is 8.43. The van der Waals surface area contributed by atoms with Crippen molar-refractivity contribution in [2.75, 3.05) is 0 Å². The Bertz CT molecular complexity index is 47.9. The molecule has 35 valence electrons. The van der Waals surface area contributed by atoms with Crippen molar-refractivity contribution in [2.45, 2.75) is 19.8 Å². The fourth-order valence-corrected chi connectivity index (χ4v) is 0.256. The highest BCUT2D eigenvalue weighted by Gasteiger charge is 1.92. The van der Waals surface area contributed by atoms with E-state index in [0.29, 0.717) is 5.78 Å². The van der Waals surface area contributed by atoms with Crippen LogP contribution in [0.2, 0.25) is 0 Å². The van der Waals surface area contributed by atoms with E-state index in [2.05, 4.69) is 6.92 Å². The maximum atomic E-state index is 8.43. The van der Waals surface area contributed by atoms with Crippen LogP contribution in [-0.4, -0.2) is 10.6 Å². The van der Waals surface area contributed by atoms with Gasteiger partial charge in [0, 0.05) is 6.92 Å². The molecule has 1 heteroatoms. The molecule has 0 atom stereocenters. The fraction of sp³-hybridized carbons (Fsp3) is 0.600. The Morgan fingerprint density at radius 2 is 2.33 bits per heavy atom. The third-order valence-electron chi connectivity index (χ3n) is 0.539. The van der Waals surface area contributed by atoms with Crippen molar-refractivity contribution in [3.63, 3.8) is 0 Å². The second-order valence-corrected chi connectivity index (χ2v) is 1.34. The average molecular weight is 86.1 g/mol. The first kappa shape index (κ1) is 5.67. The molecule has 0 bridgehead atoms. The van der Waals surface area contributed by atoms with Gasteiger partial charge in [0.15, 0.2) is 0 Å². The van der Waals surface area contributed by atoms with E-state index in [1.54, 1.807) is 6.92 Å². The molecule has 0 aromatic rings. The Balaban J connectivity index is 2.83. The van der Waals surface area contributed by atoms with Gasteiger partial charge >= 0.3 is 0 Å². The number of ketones is 1. The van der Waals surface area contributed by atoms with Gasteiger partial charge in [-0.05, 0) is 6.42 Å². The summed E-state index contributed by atoms with van der Waals surface area (Å²) < 4.78 is 0. The van der Waals surface area contributed by atoms with Gasteiger partial charge in [-0.15, -0.1) is 0 Å². The number of rotatable bonds is 2. The van der Waals surface area contributed by atoms with Gasteiger partial charge in [-0.1, -0.05) is 6.92 Å². The van der Waals surface area contributed by atoms with E-state index in [1.807, 2.05) is 0 Å². The van der Waals surface area contributed by atoms with Crippen molar-refractivity contribution < 1.29 is 4.79 Å². The monoisotopic (exact) mass is 86.1 g/mol. The van der Waals surface area contributed by atoms with Crippen LogP contribution >= 0.6 is 0 Å². The molecule has 0 heterocycles. The predicted octanol–water partition coefficient (Wildman–Crippen LogP) is 1.17. The lowest BCUT2D eigenvalue weighted by molar-refractivity contribution is 0.655. The average Bonchev–Trinajstić information content (AvgIpc) is 1.35. The summed E-state index contributed by atoms with van der Waals surface area (Å²) in [6.45, 7) is 5.23. The van der Waals surface area contributed by atoms with Gasteiger partial charge in [0.25, 0.3) is 5.78 Å². The summed E-state index contributed by atoms with van der Waals surface area (Å²) in [7, 11) is 0. The molecule has 0 aromatic carbocycles. The maximum Gasteiger partial charge on any atom is 0.290 e. The predicted molar refractivity (Wildman–Crippen MR) is 27.2 cm³/mol. The first-order valence-electron chi connectivity index (χ1n) is 2.08. The molecule has 0 aliphatic rings. The molecule has 0 rings (SSSR count). The zero-order valence-electron chi connectivity index (χ0n) is 4.07. The number of carbonyl (C=O) groups excluding carboxylic acids is 1. The lowest BCUT2D eigenvalue weighted by Gasteiger charge is -1.74. The second-order valence-electron chi connectivity index (χ2n) is 1.34. The van der Waals surface area contributed by atoms with Crippen molar-refractivity contribution in [3.05, 3.63) is 6.92 Å². The summed E-state index contributed by atoms with van der Waals surface area (Å²) in [4.78, 5) is 8.43. The molecule has 0 saturated heterocycles. The molecular formula is C5H10O+. The highest BCUT2D eigenvalue weighted by atomic mass is 16.1. The summed E-state index contributed by atoms with van der Waals surface area (Å²) in [5.41, 5.74) is 0. The summed E-state index contributed by atoms with van der Waals surface area (Å²) in [6, 6.07) is 0. The van der Waals surface area contributed by atoms with E-state index in [0.717, 1.165) is 12.8 Å². The minimum Gasteiger partial charge on any atom is -0.284 e. The Hall–Kier alpha value is -0.330. The summed E-state index contributed by atoms with van der Waals surface area (Å²) >= 11 is 0. The quantitative estimate of drug-likeness (QED) is 0.450. The van der Waals surface area contributed by atoms with Crippen molar-refractivity contribution >= 4 is 5.78 Å². The highest BCUT2D eigenvalue weighted by Crippen LogP contribution is 1.83. The number of hydrogen-bond donors (Lipinski definition) is 0. The van der Waals surface area contributed by atoms with E-state index in [1.165, 1.54) is 0 Å². The van der Waals surface area contributed by atoms with E-state index in [-0.39, 0.29) is 0 Å². The molecular weight excluding hydrogens is 76.1 g/mol. The smallest absolute Gasteiger partial charge is 0.284 e. The second kappa shape index (κ2) is 2.88. The van der Waals surface area contributed by atoms with Crippen molar-refractivity contribution in [1.82, 2.24) is 0 Å². The lowest BCUT2D eigenvalue weighted by atomic mass is 10.3. The molecule has 0 aliphatic heterocycles. The van der Waals surface area contributed by atoms with Crippen LogP contribution < -0.4 is 0 Å². The van der Waals surface area contributed by atoms with E-state index in [4.69, 9.17) is 4.79 Å². The van der Waals surface area contributed by atoms with E-state index in [9.17, 15) is 0 Å². The zero-order chi connectivity index (χ0) is 4.99. The molecule has 0 aliphatic carbocycles. The van der Waals surface area contributed by atoms with Crippen molar-refractivity contribution in [1.29, 1.82) is 0 Å². The third-order valence-corrected chi connectivity index (χ3v) is 0.539. The van der Waals surface area contributed by atoms with Gasteiger partial charge in [-0.2, -0.15) is 0 Å². The Morgan fingerprint density at radius 3 is 2.33 bits per heavy atom. The Labute approximate surface area is 38.4 Å². The number of hydrogen-bond acceptors (Lipinski definition) is 0. The van der Waals surface area contributed by atoms with Crippen LogP contribution in [0.3, 0.4) is 0 Å². The van der Waals surface area contributed by atoms with Gasteiger partial charge in [-0.25, -0.2) is 0 Å². The molecule has 0 aromatic heterocycles. The normalized spacial score (nSPS) is 8.33. The van der Waals surface area contributed by atoms with E-state index < -0.39 is 0 Å². The molecule has 0 amide bonds. The van der Waals surface area contributed by atoms with Crippen LogP contribution in [0.5, 0.6) is 0 Å². The van der Waals surface area contributed by atoms with Gasteiger partial charge in [-0.3, -0.25) is 4.79 Å². The molecule has 1 radical (unpaired) electrons. The third kappa shape index (κ3) is 3.67. The van der Waals surface area contributed by atoms with Gasteiger partial charge in [0.2, 0.25) is 0 Å². The van der Waals surface area contributed by atoms with E-state index >= 15 is 0 Å². The van der Waals surface area contributed by atoms with Gasteiger partial charge < -0.3 is 0 Å². The van der Waals surface area contributed by atoms with Crippen LogP contribution in [0, 0.1) is 6.92 Å². The van der Waals surface area contributed by atoms with Crippen molar-refractivity contribution in [2.24, 2.45) is 0 Å². The lowest BCUT2D eigenvalue weighted by Crippen LogP contribution is -1.85. The standard InChI is InChI=1S/C5H9O/c1-3-4-5(2)6/h1,3-4H2,2H3/p+1. The van der Waals surface area contributed by atoms with Crippen LogP contribution in [0.15, 0.2) is 0 Å². The minimum atomic E-state index is 0.477. The molecule has 1 nitrogen and oxygen atoms in total. The fourth-order valence-electron chi connectivity index (χ4n) is 0.256.